The van der Waals surface area contributed by atoms with Crippen LogP contribution >= 0.6 is 0 Å². The second-order valence-corrected chi connectivity index (χ2v) is 4.52. The molecule has 1 aromatic rings. The van der Waals surface area contributed by atoms with Gasteiger partial charge in [0.2, 0.25) is 0 Å². The van der Waals surface area contributed by atoms with Gasteiger partial charge in [0.15, 0.2) is 0 Å². The topological polar surface area (TPSA) is 74.2 Å². The number of hydrogen-bond acceptors (Lipinski definition) is 4. The Morgan fingerprint density at radius 1 is 1.47 bits per heavy atom. The van der Waals surface area contributed by atoms with Gasteiger partial charge < -0.3 is 15.4 Å². The maximum absolute atomic E-state index is 12.1. The normalized spacial score (nSPS) is 15.6. The highest BCUT2D eigenvalue weighted by atomic mass is 16.5. The highest BCUT2D eigenvalue weighted by Crippen LogP contribution is 2.19. The maximum Gasteiger partial charge on any atom is 0.251 e. The summed E-state index contributed by atoms with van der Waals surface area (Å²) in [4.78, 5) is 12.1. The molecule has 19 heavy (non-hydrogen) atoms. The van der Waals surface area contributed by atoms with Gasteiger partial charge in [-0.15, -0.1) is 0 Å². The SMILES string of the molecule is COc1cc(C(=O)NC2CCNCC2)ccc1C#N. The van der Waals surface area contributed by atoms with Gasteiger partial charge in [0.25, 0.3) is 5.91 Å². The molecule has 0 aromatic heterocycles. The van der Waals surface area contributed by atoms with Crippen molar-refractivity contribution in [1.82, 2.24) is 10.6 Å². The van der Waals surface area contributed by atoms with Crippen LogP contribution in [0.2, 0.25) is 0 Å². The zero-order chi connectivity index (χ0) is 13.7. The molecule has 0 bridgehead atoms. The number of nitrogens with zero attached hydrogens (tertiary/aromatic N) is 1. The average Bonchev–Trinajstić information content (AvgIpc) is 2.47. The molecule has 0 radical (unpaired) electrons. The lowest BCUT2D eigenvalue weighted by molar-refractivity contribution is 0.0929. The molecule has 0 unspecified atom stereocenters. The smallest absolute Gasteiger partial charge is 0.251 e. The summed E-state index contributed by atoms with van der Waals surface area (Å²) in [7, 11) is 1.49. The van der Waals surface area contributed by atoms with Gasteiger partial charge in [-0.3, -0.25) is 4.79 Å². The first-order chi connectivity index (χ1) is 9.24. The van der Waals surface area contributed by atoms with Crippen LogP contribution in [-0.2, 0) is 0 Å². The van der Waals surface area contributed by atoms with E-state index in [1.54, 1.807) is 18.2 Å². The lowest BCUT2D eigenvalue weighted by atomic mass is 10.1. The van der Waals surface area contributed by atoms with Crippen LogP contribution in [0.3, 0.4) is 0 Å². The van der Waals surface area contributed by atoms with Gasteiger partial charge >= 0.3 is 0 Å². The van der Waals surface area contributed by atoms with E-state index in [0.717, 1.165) is 25.9 Å². The molecule has 1 saturated heterocycles. The van der Waals surface area contributed by atoms with E-state index in [-0.39, 0.29) is 11.9 Å². The number of nitrogens with one attached hydrogen (secondary N) is 2. The zero-order valence-corrected chi connectivity index (χ0v) is 10.9. The van der Waals surface area contributed by atoms with Gasteiger partial charge in [0.1, 0.15) is 11.8 Å². The minimum atomic E-state index is -0.116. The van der Waals surface area contributed by atoms with Gasteiger partial charge in [-0.25, -0.2) is 0 Å². The third-order valence-electron chi connectivity index (χ3n) is 3.26. The van der Waals surface area contributed by atoms with E-state index in [2.05, 4.69) is 10.6 Å². The van der Waals surface area contributed by atoms with E-state index in [9.17, 15) is 4.79 Å². The molecule has 1 aromatic carbocycles. The molecule has 100 valence electrons. The minimum absolute atomic E-state index is 0.116. The third-order valence-corrected chi connectivity index (χ3v) is 3.26. The lowest BCUT2D eigenvalue weighted by Gasteiger charge is -2.23. The molecule has 1 aliphatic heterocycles. The van der Waals surface area contributed by atoms with Crippen molar-refractivity contribution in [1.29, 1.82) is 5.26 Å². The molecule has 1 fully saturated rings. The van der Waals surface area contributed by atoms with Gasteiger partial charge in [-0.05, 0) is 44.1 Å². The van der Waals surface area contributed by atoms with Crippen molar-refractivity contribution in [3.05, 3.63) is 29.3 Å². The molecule has 0 atom stereocenters. The summed E-state index contributed by atoms with van der Waals surface area (Å²) in [5, 5.41) is 15.2. The van der Waals surface area contributed by atoms with E-state index in [1.165, 1.54) is 7.11 Å². The monoisotopic (exact) mass is 259 g/mol. The molecule has 0 aliphatic carbocycles. The summed E-state index contributed by atoms with van der Waals surface area (Å²) in [6.07, 6.45) is 1.89. The number of methoxy groups -OCH3 is 1. The second-order valence-electron chi connectivity index (χ2n) is 4.52. The van der Waals surface area contributed by atoms with Crippen molar-refractivity contribution in [3.63, 3.8) is 0 Å². The molecule has 1 amide bonds. The standard InChI is InChI=1S/C14H17N3O2/c1-19-13-8-10(2-3-11(13)9-15)14(18)17-12-4-6-16-7-5-12/h2-3,8,12,16H,4-7H2,1H3,(H,17,18). The second kappa shape index (κ2) is 6.21. The van der Waals surface area contributed by atoms with Crippen LogP contribution in [0.25, 0.3) is 0 Å². The van der Waals surface area contributed by atoms with Crippen molar-refractivity contribution in [2.24, 2.45) is 0 Å². The van der Waals surface area contributed by atoms with Gasteiger partial charge in [-0.1, -0.05) is 0 Å². The summed E-state index contributed by atoms with van der Waals surface area (Å²) in [5.74, 6) is 0.315. The number of ether oxygens (including phenoxy) is 1. The van der Waals surface area contributed by atoms with E-state index in [1.807, 2.05) is 6.07 Å². The largest absolute Gasteiger partial charge is 0.495 e. The number of nitriles is 1. The van der Waals surface area contributed by atoms with Crippen molar-refractivity contribution < 1.29 is 9.53 Å². The summed E-state index contributed by atoms with van der Waals surface area (Å²) in [6.45, 7) is 1.86. The highest BCUT2D eigenvalue weighted by molar-refractivity contribution is 5.95. The zero-order valence-electron chi connectivity index (χ0n) is 10.9. The summed E-state index contributed by atoms with van der Waals surface area (Å²) < 4.78 is 5.10. The molecule has 5 nitrogen and oxygen atoms in total. The first kappa shape index (κ1) is 13.4. The Labute approximate surface area is 112 Å². The molecule has 5 heteroatoms. The number of amides is 1. The van der Waals surface area contributed by atoms with E-state index in [4.69, 9.17) is 10.00 Å². The Hall–Kier alpha value is -2.06. The molecule has 1 aliphatic rings. The van der Waals surface area contributed by atoms with Gasteiger partial charge in [0.05, 0.1) is 12.7 Å². The number of hydrogen-bond donors (Lipinski definition) is 2. The van der Waals surface area contributed by atoms with Crippen LogP contribution in [0.5, 0.6) is 5.75 Å². The Morgan fingerprint density at radius 2 is 2.21 bits per heavy atom. The first-order valence-electron chi connectivity index (χ1n) is 6.34. The Bertz CT molecular complexity index is 502. The first-order valence-corrected chi connectivity index (χ1v) is 6.34. The number of piperidine rings is 1. The number of benzene rings is 1. The van der Waals surface area contributed by atoms with Crippen molar-refractivity contribution in [3.8, 4) is 11.8 Å². The fraction of sp³-hybridized carbons (Fsp3) is 0.429. The quantitative estimate of drug-likeness (QED) is 0.851. The third kappa shape index (κ3) is 3.24. The molecule has 1 heterocycles. The number of carbonyl (C=O) groups is 1. The van der Waals surface area contributed by atoms with E-state index in [0.29, 0.717) is 16.9 Å². The van der Waals surface area contributed by atoms with Crippen molar-refractivity contribution in [2.45, 2.75) is 18.9 Å². The van der Waals surface area contributed by atoms with Gasteiger partial charge in [-0.2, -0.15) is 5.26 Å². The fourth-order valence-electron chi connectivity index (χ4n) is 2.16. The Morgan fingerprint density at radius 3 is 2.84 bits per heavy atom. The summed E-state index contributed by atoms with van der Waals surface area (Å²) >= 11 is 0. The Balaban J connectivity index is 2.08. The van der Waals surface area contributed by atoms with Gasteiger partial charge in [0, 0.05) is 11.6 Å². The van der Waals surface area contributed by atoms with Crippen molar-refractivity contribution >= 4 is 5.91 Å². The molecule has 0 saturated carbocycles. The van der Waals surface area contributed by atoms with E-state index >= 15 is 0 Å². The minimum Gasteiger partial charge on any atom is -0.495 e. The van der Waals surface area contributed by atoms with Crippen LogP contribution in [-0.4, -0.2) is 32.1 Å². The van der Waals surface area contributed by atoms with E-state index < -0.39 is 0 Å². The fourth-order valence-corrected chi connectivity index (χ4v) is 2.16. The predicted molar refractivity (Wildman–Crippen MR) is 71.1 cm³/mol. The number of rotatable bonds is 3. The van der Waals surface area contributed by atoms with Crippen LogP contribution in [0, 0.1) is 11.3 Å². The molecule has 2 N–H and O–H groups in total. The van der Waals surface area contributed by atoms with Crippen LogP contribution in [0.1, 0.15) is 28.8 Å². The Kier molecular flexibility index (Phi) is 4.37. The van der Waals surface area contributed by atoms with Crippen LogP contribution in [0.4, 0.5) is 0 Å². The highest BCUT2D eigenvalue weighted by Gasteiger charge is 2.17. The summed E-state index contributed by atoms with van der Waals surface area (Å²) in [5.41, 5.74) is 0.954. The van der Waals surface area contributed by atoms with Crippen molar-refractivity contribution in [2.75, 3.05) is 20.2 Å². The predicted octanol–water partition coefficient (Wildman–Crippen LogP) is 1.05. The maximum atomic E-state index is 12.1. The average molecular weight is 259 g/mol. The van der Waals surface area contributed by atoms with Crippen LogP contribution < -0.4 is 15.4 Å². The molecule has 0 spiro atoms. The molecule has 2 rings (SSSR count). The van der Waals surface area contributed by atoms with Crippen LogP contribution in [0.15, 0.2) is 18.2 Å². The molecular weight excluding hydrogens is 242 g/mol. The molecular formula is C14H17N3O2. The summed E-state index contributed by atoms with van der Waals surface area (Å²) in [6, 6.07) is 7.11. The lowest BCUT2D eigenvalue weighted by Crippen LogP contribution is -2.42. The number of carbonyl (C=O) groups excluding carboxylic acids is 1.